The number of hydrogen-bond acceptors (Lipinski definition) is 4. The fourth-order valence-corrected chi connectivity index (χ4v) is 2.36. The molecule has 0 aliphatic carbocycles. The maximum Gasteiger partial charge on any atom is 0.254 e. The zero-order valence-corrected chi connectivity index (χ0v) is 14.3. The normalized spacial score (nSPS) is 10.3. The van der Waals surface area contributed by atoms with Gasteiger partial charge in [-0.05, 0) is 37.1 Å². The van der Waals surface area contributed by atoms with Crippen molar-refractivity contribution >= 4 is 17.5 Å². The highest BCUT2D eigenvalue weighted by atomic mass is 16.1. The quantitative estimate of drug-likeness (QED) is 0.746. The van der Waals surface area contributed by atoms with Gasteiger partial charge in [0.15, 0.2) is 0 Å². The lowest BCUT2D eigenvalue weighted by Gasteiger charge is -2.08. The van der Waals surface area contributed by atoms with E-state index in [9.17, 15) is 4.79 Å². The Bertz CT molecular complexity index is 858. The van der Waals surface area contributed by atoms with Gasteiger partial charge < -0.3 is 10.6 Å². The summed E-state index contributed by atoms with van der Waals surface area (Å²) in [7, 11) is 0. The molecule has 0 spiro atoms. The van der Waals surface area contributed by atoms with Gasteiger partial charge in [0, 0.05) is 24.6 Å². The van der Waals surface area contributed by atoms with Crippen molar-refractivity contribution in [2.45, 2.75) is 20.4 Å². The number of carbonyl (C=O) groups is 1. The fourth-order valence-electron chi connectivity index (χ4n) is 2.36. The summed E-state index contributed by atoms with van der Waals surface area (Å²) in [6.07, 6.45) is 3.05. The maximum atomic E-state index is 12.2. The molecule has 5 nitrogen and oxygen atoms in total. The smallest absolute Gasteiger partial charge is 0.254 e. The van der Waals surface area contributed by atoms with Crippen molar-refractivity contribution < 1.29 is 4.79 Å². The Hall–Kier alpha value is -3.21. The number of aryl methyl sites for hydroxylation is 2. The van der Waals surface area contributed by atoms with Gasteiger partial charge in [-0.25, -0.2) is 9.97 Å². The molecule has 0 radical (unpaired) electrons. The Balaban J connectivity index is 1.60. The zero-order valence-electron chi connectivity index (χ0n) is 14.3. The van der Waals surface area contributed by atoms with Crippen molar-refractivity contribution in [3.05, 3.63) is 83.2 Å². The molecule has 0 aliphatic heterocycles. The Labute approximate surface area is 147 Å². The molecule has 0 fully saturated rings. The van der Waals surface area contributed by atoms with Crippen LogP contribution in [0.3, 0.4) is 0 Å². The minimum atomic E-state index is -0.190. The second kappa shape index (κ2) is 7.57. The first kappa shape index (κ1) is 16.6. The molecule has 25 heavy (non-hydrogen) atoms. The predicted molar refractivity (Wildman–Crippen MR) is 98.8 cm³/mol. The van der Waals surface area contributed by atoms with E-state index in [1.807, 2.05) is 62.4 Å². The van der Waals surface area contributed by atoms with Crippen LogP contribution in [0.15, 0.2) is 60.9 Å². The average Bonchev–Trinajstić information content (AvgIpc) is 2.63. The van der Waals surface area contributed by atoms with Crippen LogP contribution in [0.25, 0.3) is 0 Å². The molecule has 0 saturated heterocycles. The van der Waals surface area contributed by atoms with Crippen LogP contribution in [-0.4, -0.2) is 15.9 Å². The van der Waals surface area contributed by atoms with Crippen LogP contribution in [0.2, 0.25) is 0 Å². The highest BCUT2D eigenvalue weighted by Crippen LogP contribution is 2.13. The standard InChI is InChI=1S/C20H20N4O/c1-14-7-9-18(10-8-14)24-20-22-12-17(13-23-20)19(25)21-11-16-6-4-3-5-15(16)2/h3-10,12-13H,11H2,1-2H3,(H,21,25)(H,22,23,24). The number of amides is 1. The van der Waals surface area contributed by atoms with Gasteiger partial charge in [0.05, 0.1) is 5.56 Å². The minimum absolute atomic E-state index is 0.190. The Morgan fingerprint density at radius 3 is 2.32 bits per heavy atom. The highest BCUT2D eigenvalue weighted by Gasteiger charge is 2.08. The van der Waals surface area contributed by atoms with Crippen molar-refractivity contribution in [3.8, 4) is 0 Å². The van der Waals surface area contributed by atoms with E-state index in [1.165, 1.54) is 18.0 Å². The molecular weight excluding hydrogens is 312 g/mol. The molecule has 1 amide bonds. The summed E-state index contributed by atoms with van der Waals surface area (Å²) in [5, 5.41) is 6.00. The fraction of sp³-hybridized carbons (Fsp3) is 0.150. The summed E-state index contributed by atoms with van der Waals surface area (Å²) in [6.45, 7) is 4.54. The molecule has 3 aromatic rings. The van der Waals surface area contributed by atoms with E-state index in [0.29, 0.717) is 18.1 Å². The van der Waals surface area contributed by atoms with Crippen LogP contribution in [0.5, 0.6) is 0 Å². The largest absolute Gasteiger partial charge is 0.348 e. The Morgan fingerprint density at radius 2 is 1.64 bits per heavy atom. The lowest BCUT2D eigenvalue weighted by Crippen LogP contribution is -2.23. The van der Waals surface area contributed by atoms with E-state index >= 15 is 0 Å². The van der Waals surface area contributed by atoms with Crippen LogP contribution < -0.4 is 10.6 Å². The van der Waals surface area contributed by atoms with Crippen LogP contribution in [0.1, 0.15) is 27.0 Å². The molecule has 126 valence electrons. The first-order chi connectivity index (χ1) is 12.1. The monoisotopic (exact) mass is 332 g/mol. The number of benzene rings is 2. The van der Waals surface area contributed by atoms with Gasteiger partial charge in [-0.15, -0.1) is 0 Å². The summed E-state index contributed by atoms with van der Waals surface area (Å²) in [5.74, 6) is 0.268. The molecule has 1 heterocycles. The van der Waals surface area contributed by atoms with Crippen LogP contribution in [-0.2, 0) is 6.54 Å². The molecule has 0 bridgehead atoms. The van der Waals surface area contributed by atoms with Gasteiger partial charge in [0.1, 0.15) is 0 Å². The summed E-state index contributed by atoms with van der Waals surface area (Å²) in [4.78, 5) is 20.6. The first-order valence-electron chi connectivity index (χ1n) is 8.10. The average molecular weight is 332 g/mol. The number of nitrogens with zero attached hydrogens (tertiary/aromatic N) is 2. The van der Waals surface area contributed by atoms with Crippen LogP contribution in [0, 0.1) is 13.8 Å². The molecule has 0 atom stereocenters. The molecule has 5 heteroatoms. The van der Waals surface area contributed by atoms with E-state index in [4.69, 9.17) is 0 Å². The number of hydrogen-bond donors (Lipinski definition) is 2. The molecular formula is C20H20N4O. The molecule has 3 rings (SSSR count). The number of aromatic nitrogens is 2. The van der Waals surface area contributed by atoms with E-state index in [-0.39, 0.29) is 5.91 Å². The molecule has 0 unspecified atom stereocenters. The van der Waals surface area contributed by atoms with Gasteiger partial charge in [-0.1, -0.05) is 42.0 Å². The van der Waals surface area contributed by atoms with E-state index in [0.717, 1.165) is 16.8 Å². The van der Waals surface area contributed by atoms with E-state index in [2.05, 4.69) is 20.6 Å². The van der Waals surface area contributed by atoms with E-state index < -0.39 is 0 Å². The van der Waals surface area contributed by atoms with Crippen LogP contribution >= 0.6 is 0 Å². The van der Waals surface area contributed by atoms with Crippen LogP contribution in [0.4, 0.5) is 11.6 Å². The van der Waals surface area contributed by atoms with Gasteiger partial charge >= 0.3 is 0 Å². The molecule has 2 N–H and O–H groups in total. The van der Waals surface area contributed by atoms with Crippen molar-refractivity contribution in [1.29, 1.82) is 0 Å². The molecule has 1 aromatic heterocycles. The first-order valence-corrected chi connectivity index (χ1v) is 8.10. The van der Waals surface area contributed by atoms with Crippen molar-refractivity contribution in [2.24, 2.45) is 0 Å². The predicted octanol–water partition coefficient (Wildman–Crippen LogP) is 3.77. The van der Waals surface area contributed by atoms with Gasteiger partial charge in [0.2, 0.25) is 5.95 Å². The third-order valence-electron chi connectivity index (χ3n) is 3.92. The van der Waals surface area contributed by atoms with Gasteiger partial charge in [-0.2, -0.15) is 0 Å². The Morgan fingerprint density at radius 1 is 0.960 bits per heavy atom. The summed E-state index contributed by atoms with van der Waals surface area (Å²) in [5.41, 5.74) is 4.77. The number of anilines is 2. The highest BCUT2D eigenvalue weighted by molar-refractivity contribution is 5.93. The number of carbonyl (C=O) groups excluding carboxylic acids is 1. The SMILES string of the molecule is Cc1ccc(Nc2ncc(C(=O)NCc3ccccc3C)cn2)cc1. The molecule has 0 saturated carbocycles. The van der Waals surface area contributed by atoms with Gasteiger partial charge in [-0.3, -0.25) is 4.79 Å². The molecule has 2 aromatic carbocycles. The third-order valence-corrected chi connectivity index (χ3v) is 3.92. The number of rotatable bonds is 5. The second-order valence-electron chi connectivity index (χ2n) is 5.90. The zero-order chi connectivity index (χ0) is 17.6. The van der Waals surface area contributed by atoms with Crippen molar-refractivity contribution in [2.75, 3.05) is 5.32 Å². The minimum Gasteiger partial charge on any atom is -0.348 e. The number of nitrogens with one attached hydrogen (secondary N) is 2. The summed E-state index contributed by atoms with van der Waals surface area (Å²) >= 11 is 0. The lowest BCUT2D eigenvalue weighted by atomic mass is 10.1. The Kier molecular flexibility index (Phi) is 5.04. The topological polar surface area (TPSA) is 66.9 Å². The summed E-state index contributed by atoms with van der Waals surface area (Å²) in [6, 6.07) is 15.9. The summed E-state index contributed by atoms with van der Waals surface area (Å²) < 4.78 is 0. The van der Waals surface area contributed by atoms with Gasteiger partial charge in [0.25, 0.3) is 5.91 Å². The second-order valence-corrected chi connectivity index (χ2v) is 5.90. The lowest BCUT2D eigenvalue weighted by molar-refractivity contribution is 0.0950. The maximum absolute atomic E-state index is 12.2. The van der Waals surface area contributed by atoms with Crippen molar-refractivity contribution in [1.82, 2.24) is 15.3 Å². The van der Waals surface area contributed by atoms with E-state index in [1.54, 1.807) is 0 Å². The van der Waals surface area contributed by atoms with Crippen molar-refractivity contribution in [3.63, 3.8) is 0 Å². The third kappa shape index (κ3) is 4.41. The molecule has 0 aliphatic rings.